The van der Waals surface area contributed by atoms with Crippen molar-refractivity contribution in [2.45, 2.75) is 19.0 Å². The SMILES string of the molecule is CCSC1=N[C@@H]2CS(=O)(=O)C[C@@H]2N1c1ccc2c(c1)OCO2. The van der Waals surface area contributed by atoms with Crippen LogP contribution in [0.5, 0.6) is 11.5 Å². The second-order valence-corrected chi connectivity index (χ2v) is 8.85. The van der Waals surface area contributed by atoms with Crippen molar-refractivity contribution in [3.63, 3.8) is 0 Å². The number of anilines is 1. The first kappa shape index (κ1) is 14.2. The van der Waals surface area contributed by atoms with Gasteiger partial charge in [-0.2, -0.15) is 0 Å². The number of sulfone groups is 1. The molecule has 4 rings (SSSR count). The van der Waals surface area contributed by atoms with Crippen molar-refractivity contribution in [3.05, 3.63) is 18.2 Å². The lowest BCUT2D eigenvalue weighted by Crippen LogP contribution is -2.39. The lowest BCUT2D eigenvalue weighted by atomic mass is 10.1. The Morgan fingerprint density at radius 2 is 2.14 bits per heavy atom. The normalized spacial score (nSPS) is 27.9. The average Bonchev–Trinajstić information content (AvgIpc) is 3.10. The van der Waals surface area contributed by atoms with Crippen LogP contribution in [0.4, 0.5) is 5.69 Å². The fraction of sp³-hybridized carbons (Fsp3) is 0.500. The van der Waals surface area contributed by atoms with Crippen molar-refractivity contribution < 1.29 is 17.9 Å². The Hall–Kier alpha value is -1.41. The first-order valence-corrected chi connectivity index (χ1v) is 9.98. The van der Waals surface area contributed by atoms with E-state index in [1.54, 1.807) is 11.8 Å². The molecule has 8 heteroatoms. The lowest BCUT2D eigenvalue weighted by Gasteiger charge is -2.26. The molecule has 0 saturated carbocycles. The Morgan fingerprint density at radius 3 is 2.95 bits per heavy atom. The molecule has 0 aromatic heterocycles. The highest BCUT2D eigenvalue weighted by molar-refractivity contribution is 8.14. The molecule has 3 heterocycles. The van der Waals surface area contributed by atoms with Gasteiger partial charge in [-0.3, -0.25) is 4.99 Å². The Labute approximate surface area is 133 Å². The van der Waals surface area contributed by atoms with E-state index < -0.39 is 9.84 Å². The number of benzene rings is 1. The number of rotatable bonds is 2. The molecule has 3 aliphatic rings. The number of ether oxygens (including phenoxy) is 2. The summed E-state index contributed by atoms with van der Waals surface area (Å²) in [4.78, 5) is 6.69. The largest absolute Gasteiger partial charge is 0.454 e. The van der Waals surface area contributed by atoms with Crippen LogP contribution in [0, 0.1) is 0 Å². The Balaban J connectivity index is 1.73. The van der Waals surface area contributed by atoms with Gasteiger partial charge < -0.3 is 14.4 Å². The number of aliphatic imine (C=N–C) groups is 1. The highest BCUT2D eigenvalue weighted by Gasteiger charge is 2.47. The fourth-order valence-electron chi connectivity index (χ4n) is 3.10. The minimum Gasteiger partial charge on any atom is -0.454 e. The zero-order chi connectivity index (χ0) is 15.3. The van der Waals surface area contributed by atoms with Gasteiger partial charge in [0, 0.05) is 11.8 Å². The summed E-state index contributed by atoms with van der Waals surface area (Å²) >= 11 is 1.64. The first-order valence-electron chi connectivity index (χ1n) is 7.17. The highest BCUT2D eigenvalue weighted by Crippen LogP contribution is 2.40. The quantitative estimate of drug-likeness (QED) is 0.813. The van der Waals surface area contributed by atoms with E-state index in [4.69, 9.17) is 9.47 Å². The number of nitrogens with zero attached hydrogens (tertiary/aromatic N) is 2. The Kier molecular flexibility index (Phi) is 3.26. The summed E-state index contributed by atoms with van der Waals surface area (Å²) in [5, 5.41) is 0.895. The maximum atomic E-state index is 11.9. The van der Waals surface area contributed by atoms with E-state index in [0.29, 0.717) is 5.75 Å². The molecule has 1 aromatic rings. The molecule has 6 nitrogen and oxygen atoms in total. The lowest BCUT2D eigenvalue weighted by molar-refractivity contribution is 0.174. The molecular formula is C14H16N2O4S2. The molecule has 0 aliphatic carbocycles. The summed E-state index contributed by atoms with van der Waals surface area (Å²) in [5.41, 5.74) is 0.911. The van der Waals surface area contributed by atoms with Crippen LogP contribution >= 0.6 is 11.8 Å². The molecule has 1 saturated heterocycles. The summed E-state index contributed by atoms with van der Waals surface area (Å²) < 4.78 is 34.6. The number of thioether (sulfide) groups is 1. The van der Waals surface area contributed by atoms with Gasteiger partial charge in [-0.25, -0.2) is 8.42 Å². The van der Waals surface area contributed by atoms with Gasteiger partial charge in [0.2, 0.25) is 6.79 Å². The molecular weight excluding hydrogens is 324 g/mol. The van der Waals surface area contributed by atoms with Crippen LogP contribution in [0.3, 0.4) is 0 Å². The molecule has 0 N–H and O–H groups in total. The number of amidine groups is 1. The third-order valence-electron chi connectivity index (χ3n) is 4.02. The van der Waals surface area contributed by atoms with Gasteiger partial charge in [0.05, 0.1) is 23.6 Å². The zero-order valence-corrected chi connectivity index (χ0v) is 13.7. The molecule has 22 heavy (non-hydrogen) atoms. The maximum Gasteiger partial charge on any atom is 0.231 e. The van der Waals surface area contributed by atoms with Crippen LogP contribution in [-0.2, 0) is 9.84 Å². The minimum atomic E-state index is -3.01. The average molecular weight is 340 g/mol. The zero-order valence-electron chi connectivity index (χ0n) is 12.1. The van der Waals surface area contributed by atoms with Crippen LogP contribution in [-0.4, -0.2) is 49.7 Å². The molecule has 2 atom stereocenters. The van der Waals surface area contributed by atoms with Gasteiger partial charge in [-0.15, -0.1) is 0 Å². The predicted molar refractivity (Wildman–Crippen MR) is 86.8 cm³/mol. The summed E-state index contributed by atoms with van der Waals surface area (Å²) in [6.45, 7) is 2.29. The second-order valence-electron chi connectivity index (χ2n) is 5.46. The molecule has 1 fully saturated rings. The second kappa shape index (κ2) is 5.06. The molecule has 0 unspecified atom stereocenters. The van der Waals surface area contributed by atoms with Crippen molar-refractivity contribution in [2.75, 3.05) is 29.0 Å². The van der Waals surface area contributed by atoms with Crippen LogP contribution in [0.2, 0.25) is 0 Å². The predicted octanol–water partition coefficient (Wildman–Crippen LogP) is 1.51. The van der Waals surface area contributed by atoms with Crippen molar-refractivity contribution in [1.29, 1.82) is 0 Å². The van der Waals surface area contributed by atoms with E-state index in [2.05, 4.69) is 11.9 Å². The van der Waals surface area contributed by atoms with Crippen molar-refractivity contribution >= 4 is 32.5 Å². The first-order chi connectivity index (χ1) is 10.6. The summed E-state index contributed by atoms with van der Waals surface area (Å²) in [7, 11) is -3.01. The van der Waals surface area contributed by atoms with E-state index in [1.165, 1.54) is 0 Å². The third kappa shape index (κ3) is 2.25. The Bertz CT molecular complexity index is 747. The fourth-order valence-corrected chi connectivity index (χ4v) is 5.79. The van der Waals surface area contributed by atoms with E-state index >= 15 is 0 Å². The van der Waals surface area contributed by atoms with E-state index in [0.717, 1.165) is 22.4 Å². The molecule has 0 radical (unpaired) electrons. The summed E-state index contributed by atoms with van der Waals surface area (Å²) in [6, 6.07) is 5.43. The topological polar surface area (TPSA) is 68.2 Å². The van der Waals surface area contributed by atoms with Crippen LogP contribution in [0.1, 0.15) is 6.92 Å². The number of hydrogen-bond acceptors (Lipinski definition) is 7. The van der Waals surface area contributed by atoms with Gasteiger partial charge >= 0.3 is 0 Å². The van der Waals surface area contributed by atoms with E-state index in [9.17, 15) is 8.42 Å². The third-order valence-corrected chi connectivity index (χ3v) is 6.56. The number of hydrogen-bond donors (Lipinski definition) is 0. The van der Waals surface area contributed by atoms with Gasteiger partial charge in [0.25, 0.3) is 0 Å². The van der Waals surface area contributed by atoms with Crippen LogP contribution in [0.25, 0.3) is 0 Å². The van der Waals surface area contributed by atoms with Crippen molar-refractivity contribution in [1.82, 2.24) is 0 Å². The van der Waals surface area contributed by atoms with Gasteiger partial charge in [0.15, 0.2) is 26.5 Å². The van der Waals surface area contributed by atoms with Crippen LogP contribution in [0.15, 0.2) is 23.2 Å². The summed E-state index contributed by atoms with van der Waals surface area (Å²) in [5.74, 6) is 2.62. The molecule has 0 bridgehead atoms. The molecule has 0 amide bonds. The number of fused-ring (bicyclic) bond motifs is 2. The molecule has 0 spiro atoms. The Morgan fingerprint density at radius 1 is 1.32 bits per heavy atom. The molecule has 1 aromatic carbocycles. The maximum absolute atomic E-state index is 11.9. The van der Waals surface area contributed by atoms with Gasteiger partial charge in [0.1, 0.15) is 0 Å². The van der Waals surface area contributed by atoms with Crippen LogP contribution < -0.4 is 14.4 Å². The standard InChI is InChI=1S/C14H16N2O4S2/c1-2-21-14-15-10-6-22(17,18)7-11(10)16(14)9-3-4-12-13(5-9)20-8-19-12/h3-5,10-11H,2,6-8H2,1H3/t10-,11+/m1/s1. The molecule has 118 valence electrons. The smallest absolute Gasteiger partial charge is 0.231 e. The monoisotopic (exact) mass is 340 g/mol. The minimum absolute atomic E-state index is 0.112. The van der Waals surface area contributed by atoms with Crippen molar-refractivity contribution in [3.8, 4) is 11.5 Å². The van der Waals surface area contributed by atoms with E-state index in [1.807, 2.05) is 23.1 Å². The van der Waals surface area contributed by atoms with Gasteiger partial charge in [-0.1, -0.05) is 18.7 Å². The van der Waals surface area contributed by atoms with Gasteiger partial charge in [-0.05, 0) is 17.9 Å². The molecule has 3 aliphatic heterocycles. The van der Waals surface area contributed by atoms with Crippen molar-refractivity contribution in [2.24, 2.45) is 4.99 Å². The highest BCUT2D eigenvalue weighted by atomic mass is 32.2. The van der Waals surface area contributed by atoms with E-state index in [-0.39, 0.29) is 30.4 Å². The summed E-state index contributed by atoms with van der Waals surface area (Å²) in [6.07, 6.45) is 0.